The Hall–Kier alpha value is -1.15. The van der Waals surface area contributed by atoms with Crippen molar-refractivity contribution in [3.63, 3.8) is 0 Å². The minimum atomic E-state index is -3.50. The zero-order valence-corrected chi connectivity index (χ0v) is 16.5. The highest BCUT2D eigenvalue weighted by Crippen LogP contribution is 2.23. The van der Waals surface area contributed by atoms with Crippen LogP contribution in [0.3, 0.4) is 0 Å². The van der Waals surface area contributed by atoms with E-state index in [9.17, 15) is 13.2 Å². The molecule has 1 aromatic carbocycles. The maximum Gasteiger partial charge on any atom is 0.243 e. The van der Waals surface area contributed by atoms with E-state index < -0.39 is 10.0 Å². The number of nitrogens with zero attached hydrogens (tertiary/aromatic N) is 2. The molecule has 1 aromatic rings. The summed E-state index contributed by atoms with van der Waals surface area (Å²) < 4.78 is 26.9. The highest BCUT2D eigenvalue weighted by molar-refractivity contribution is 7.89. The van der Waals surface area contributed by atoms with Gasteiger partial charge in [-0.15, -0.1) is 12.4 Å². The second kappa shape index (κ2) is 9.52. The SMILES string of the molecule is CCC(C)c1ccc(S(=O)(=O)N2CCN(C(=O)CCN)CC2)cc1.Cl. The van der Waals surface area contributed by atoms with Gasteiger partial charge in [-0.1, -0.05) is 26.0 Å². The van der Waals surface area contributed by atoms with Gasteiger partial charge in [0.1, 0.15) is 0 Å². The standard InChI is InChI=1S/C17H27N3O3S.ClH/c1-3-14(2)15-4-6-16(7-5-15)24(22,23)20-12-10-19(11-13-20)17(21)8-9-18;/h4-7,14H,3,8-13,18H2,1-2H3;1H. The first kappa shape index (κ1) is 21.9. The van der Waals surface area contributed by atoms with Gasteiger partial charge in [-0.2, -0.15) is 4.31 Å². The molecule has 1 fully saturated rings. The molecule has 2 rings (SSSR count). The molecule has 1 aliphatic heterocycles. The molecule has 142 valence electrons. The Kier molecular flexibility index (Phi) is 8.34. The van der Waals surface area contributed by atoms with E-state index >= 15 is 0 Å². The smallest absolute Gasteiger partial charge is 0.243 e. The number of benzene rings is 1. The number of sulfonamides is 1. The van der Waals surface area contributed by atoms with Gasteiger partial charge in [0, 0.05) is 39.1 Å². The molecule has 1 amide bonds. The largest absolute Gasteiger partial charge is 0.340 e. The number of piperazine rings is 1. The lowest BCUT2D eigenvalue weighted by molar-refractivity contribution is -0.132. The number of carbonyl (C=O) groups excluding carboxylic acids is 1. The van der Waals surface area contributed by atoms with Crippen LogP contribution in [-0.2, 0) is 14.8 Å². The average Bonchev–Trinajstić information content (AvgIpc) is 2.61. The first-order valence-corrected chi connectivity index (χ1v) is 9.92. The Balaban J connectivity index is 0.00000312. The summed E-state index contributed by atoms with van der Waals surface area (Å²) in [5.74, 6) is 0.409. The second-order valence-electron chi connectivity index (χ2n) is 6.20. The molecular formula is C17H28ClN3O3S. The van der Waals surface area contributed by atoms with Crippen LogP contribution in [0.4, 0.5) is 0 Å². The number of hydrogen-bond donors (Lipinski definition) is 1. The van der Waals surface area contributed by atoms with E-state index in [-0.39, 0.29) is 18.3 Å². The summed E-state index contributed by atoms with van der Waals surface area (Å²) in [5.41, 5.74) is 6.55. The zero-order chi connectivity index (χ0) is 17.7. The number of hydrogen-bond acceptors (Lipinski definition) is 4. The summed E-state index contributed by atoms with van der Waals surface area (Å²) in [4.78, 5) is 13.8. The first-order valence-electron chi connectivity index (χ1n) is 8.48. The van der Waals surface area contributed by atoms with Crippen LogP contribution in [0.15, 0.2) is 29.2 Å². The highest BCUT2D eigenvalue weighted by atomic mass is 35.5. The molecule has 6 nitrogen and oxygen atoms in total. The predicted octanol–water partition coefficient (Wildman–Crippen LogP) is 1.80. The summed E-state index contributed by atoms with van der Waals surface area (Å²) >= 11 is 0. The average molecular weight is 390 g/mol. The summed E-state index contributed by atoms with van der Waals surface area (Å²) in [6, 6.07) is 7.15. The lowest BCUT2D eigenvalue weighted by Crippen LogP contribution is -2.50. The quantitative estimate of drug-likeness (QED) is 0.804. The monoisotopic (exact) mass is 389 g/mol. The van der Waals surface area contributed by atoms with E-state index in [2.05, 4.69) is 13.8 Å². The molecular weight excluding hydrogens is 362 g/mol. The Morgan fingerprint density at radius 3 is 2.20 bits per heavy atom. The van der Waals surface area contributed by atoms with Crippen molar-refractivity contribution in [1.29, 1.82) is 0 Å². The molecule has 0 aliphatic carbocycles. The lowest BCUT2D eigenvalue weighted by atomic mass is 9.99. The maximum absolute atomic E-state index is 12.7. The first-order chi connectivity index (χ1) is 11.4. The van der Waals surface area contributed by atoms with Crippen molar-refractivity contribution >= 4 is 28.3 Å². The topological polar surface area (TPSA) is 83.7 Å². The van der Waals surface area contributed by atoms with Gasteiger partial charge < -0.3 is 10.6 Å². The van der Waals surface area contributed by atoms with Crippen LogP contribution in [0.25, 0.3) is 0 Å². The van der Waals surface area contributed by atoms with E-state index in [0.717, 1.165) is 12.0 Å². The zero-order valence-electron chi connectivity index (χ0n) is 14.8. The Labute approximate surface area is 156 Å². The normalized spacial score (nSPS) is 17.0. The molecule has 2 N–H and O–H groups in total. The molecule has 25 heavy (non-hydrogen) atoms. The number of rotatable bonds is 6. The number of carbonyl (C=O) groups is 1. The molecule has 0 bridgehead atoms. The van der Waals surface area contributed by atoms with Gasteiger partial charge in [0.2, 0.25) is 15.9 Å². The van der Waals surface area contributed by atoms with E-state index in [1.54, 1.807) is 17.0 Å². The van der Waals surface area contributed by atoms with Crippen LogP contribution < -0.4 is 5.73 Å². The van der Waals surface area contributed by atoms with E-state index in [4.69, 9.17) is 5.73 Å². The van der Waals surface area contributed by atoms with Crippen molar-refractivity contribution in [3.8, 4) is 0 Å². The summed E-state index contributed by atoms with van der Waals surface area (Å²) in [7, 11) is -3.50. The van der Waals surface area contributed by atoms with E-state index in [1.165, 1.54) is 4.31 Å². The molecule has 1 heterocycles. The van der Waals surface area contributed by atoms with Gasteiger partial charge in [0.15, 0.2) is 0 Å². The predicted molar refractivity (Wildman–Crippen MR) is 101 cm³/mol. The van der Waals surface area contributed by atoms with Crippen LogP contribution in [0, 0.1) is 0 Å². The van der Waals surface area contributed by atoms with Crippen molar-refractivity contribution in [2.75, 3.05) is 32.7 Å². The molecule has 0 radical (unpaired) electrons. The Morgan fingerprint density at radius 1 is 1.16 bits per heavy atom. The molecule has 8 heteroatoms. The molecule has 0 aromatic heterocycles. The van der Waals surface area contributed by atoms with Gasteiger partial charge in [0.25, 0.3) is 0 Å². The van der Waals surface area contributed by atoms with Gasteiger partial charge in [-0.05, 0) is 30.0 Å². The van der Waals surface area contributed by atoms with Crippen molar-refractivity contribution in [1.82, 2.24) is 9.21 Å². The second-order valence-corrected chi connectivity index (χ2v) is 8.14. The fraction of sp³-hybridized carbons (Fsp3) is 0.588. The summed E-state index contributed by atoms with van der Waals surface area (Å²) in [6.45, 7) is 6.05. The Morgan fingerprint density at radius 2 is 1.72 bits per heavy atom. The third-order valence-electron chi connectivity index (χ3n) is 4.65. The molecule has 0 spiro atoms. The van der Waals surface area contributed by atoms with Crippen LogP contribution >= 0.6 is 12.4 Å². The van der Waals surface area contributed by atoms with Crippen LogP contribution in [0.2, 0.25) is 0 Å². The fourth-order valence-electron chi connectivity index (χ4n) is 2.81. The van der Waals surface area contributed by atoms with Crippen molar-refractivity contribution in [2.24, 2.45) is 5.73 Å². The summed E-state index contributed by atoms with van der Waals surface area (Å²) in [5, 5.41) is 0. The number of halogens is 1. The molecule has 0 saturated carbocycles. The van der Waals surface area contributed by atoms with Crippen LogP contribution in [0.1, 0.15) is 38.2 Å². The van der Waals surface area contributed by atoms with Gasteiger partial charge in [-0.25, -0.2) is 8.42 Å². The molecule has 1 aliphatic rings. The highest BCUT2D eigenvalue weighted by Gasteiger charge is 2.29. The lowest BCUT2D eigenvalue weighted by Gasteiger charge is -2.34. The van der Waals surface area contributed by atoms with Crippen molar-refractivity contribution in [3.05, 3.63) is 29.8 Å². The molecule has 1 unspecified atom stereocenters. The van der Waals surface area contributed by atoms with Gasteiger partial charge in [-0.3, -0.25) is 4.79 Å². The van der Waals surface area contributed by atoms with E-state index in [1.807, 2.05) is 12.1 Å². The minimum absolute atomic E-state index is 0. The molecule has 1 saturated heterocycles. The number of amides is 1. The third kappa shape index (κ3) is 5.17. The minimum Gasteiger partial charge on any atom is -0.340 e. The van der Waals surface area contributed by atoms with Crippen molar-refractivity contribution in [2.45, 2.75) is 37.5 Å². The van der Waals surface area contributed by atoms with Gasteiger partial charge in [0.05, 0.1) is 4.90 Å². The summed E-state index contributed by atoms with van der Waals surface area (Å²) in [6.07, 6.45) is 1.33. The Bertz CT molecular complexity index is 656. The molecule has 1 atom stereocenters. The van der Waals surface area contributed by atoms with Crippen LogP contribution in [-0.4, -0.2) is 56.3 Å². The van der Waals surface area contributed by atoms with Gasteiger partial charge >= 0.3 is 0 Å². The third-order valence-corrected chi connectivity index (χ3v) is 6.56. The fourth-order valence-corrected chi connectivity index (χ4v) is 4.23. The van der Waals surface area contributed by atoms with E-state index in [0.29, 0.717) is 50.0 Å². The number of nitrogens with two attached hydrogens (primary N) is 1. The van der Waals surface area contributed by atoms with Crippen molar-refractivity contribution < 1.29 is 13.2 Å². The van der Waals surface area contributed by atoms with Crippen LogP contribution in [0.5, 0.6) is 0 Å². The maximum atomic E-state index is 12.7.